The second-order valence-electron chi connectivity index (χ2n) is 5.58. The van der Waals surface area contributed by atoms with Crippen molar-refractivity contribution in [2.45, 2.75) is 23.9 Å². The number of fused-ring (bicyclic) bond motifs is 1. The standard InChI is InChI=1S/C16H15N5O2S2/c22-14(17-12-7-9-24-13-5-2-1-4-11(12)13)10-20-16(23)21(19-18-20)15-6-3-8-25-15/h1-6,8,12H,7,9-10H2,(H,17,22). The zero-order chi connectivity index (χ0) is 17.2. The number of amides is 1. The molecule has 128 valence electrons. The third-order valence-electron chi connectivity index (χ3n) is 3.94. The molecular weight excluding hydrogens is 358 g/mol. The molecule has 4 rings (SSSR count). The molecule has 3 aromatic rings. The summed E-state index contributed by atoms with van der Waals surface area (Å²) in [7, 11) is 0. The van der Waals surface area contributed by atoms with Crippen LogP contribution in [0.25, 0.3) is 5.00 Å². The van der Waals surface area contributed by atoms with E-state index in [0.717, 1.165) is 22.4 Å². The van der Waals surface area contributed by atoms with E-state index in [1.807, 2.05) is 29.6 Å². The van der Waals surface area contributed by atoms with Gasteiger partial charge in [-0.3, -0.25) is 4.79 Å². The molecule has 0 aliphatic carbocycles. The molecule has 0 radical (unpaired) electrons. The van der Waals surface area contributed by atoms with Gasteiger partial charge in [0.15, 0.2) is 0 Å². The van der Waals surface area contributed by atoms with Crippen molar-refractivity contribution in [3.63, 3.8) is 0 Å². The summed E-state index contributed by atoms with van der Waals surface area (Å²) in [6.45, 7) is -0.143. The SMILES string of the molecule is O=C(Cn1nnn(-c2cccs2)c1=O)NC1CCSc2ccccc21. The fourth-order valence-corrected chi connectivity index (χ4v) is 4.56. The van der Waals surface area contributed by atoms with Crippen LogP contribution in [0, 0.1) is 0 Å². The average molecular weight is 373 g/mol. The van der Waals surface area contributed by atoms with E-state index in [1.54, 1.807) is 17.8 Å². The van der Waals surface area contributed by atoms with Gasteiger partial charge in [0.05, 0.1) is 6.04 Å². The number of aromatic nitrogens is 4. The molecule has 3 heterocycles. The van der Waals surface area contributed by atoms with Crippen LogP contribution in [0.2, 0.25) is 0 Å². The Hall–Kier alpha value is -2.39. The lowest BCUT2D eigenvalue weighted by molar-refractivity contribution is -0.122. The van der Waals surface area contributed by atoms with Crippen LogP contribution in [-0.4, -0.2) is 31.5 Å². The molecule has 0 saturated carbocycles. The largest absolute Gasteiger partial charge is 0.369 e. The third kappa shape index (κ3) is 3.24. The lowest BCUT2D eigenvalue weighted by Gasteiger charge is -2.25. The van der Waals surface area contributed by atoms with Crippen LogP contribution >= 0.6 is 23.1 Å². The molecule has 0 spiro atoms. The number of thiophene rings is 1. The van der Waals surface area contributed by atoms with Crippen molar-refractivity contribution >= 4 is 29.0 Å². The summed E-state index contributed by atoms with van der Waals surface area (Å²) in [5.74, 6) is 0.711. The number of nitrogens with one attached hydrogen (secondary N) is 1. The van der Waals surface area contributed by atoms with Crippen molar-refractivity contribution in [1.29, 1.82) is 0 Å². The predicted molar refractivity (Wildman–Crippen MR) is 96.2 cm³/mol. The highest BCUT2D eigenvalue weighted by atomic mass is 32.2. The van der Waals surface area contributed by atoms with Gasteiger partial charge in [0.2, 0.25) is 5.91 Å². The van der Waals surface area contributed by atoms with E-state index in [0.29, 0.717) is 5.00 Å². The first-order chi connectivity index (χ1) is 12.2. The van der Waals surface area contributed by atoms with Gasteiger partial charge >= 0.3 is 5.69 Å². The zero-order valence-electron chi connectivity index (χ0n) is 13.2. The summed E-state index contributed by atoms with van der Waals surface area (Å²) >= 11 is 3.18. The van der Waals surface area contributed by atoms with Crippen molar-refractivity contribution in [1.82, 2.24) is 25.1 Å². The molecule has 1 N–H and O–H groups in total. The summed E-state index contributed by atoms with van der Waals surface area (Å²) in [5, 5.41) is 13.2. The molecule has 1 aliphatic rings. The Kier molecular flexibility index (Phi) is 4.41. The molecule has 2 aromatic heterocycles. The Morgan fingerprint density at radius 2 is 2.12 bits per heavy atom. The summed E-state index contributed by atoms with van der Waals surface area (Å²) in [5.41, 5.74) is 0.707. The summed E-state index contributed by atoms with van der Waals surface area (Å²) in [6.07, 6.45) is 0.865. The number of benzene rings is 1. The van der Waals surface area contributed by atoms with Gasteiger partial charge in [-0.15, -0.1) is 23.1 Å². The van der Waals surface area contributed by atoms with Crippen molar-refractivity contribution in [2.24, 2.45) is 0 Å². The molecule has 1 unspecified atom stereocenters. The quantitative estimate of drug-likeness (QED) is 0.755. The minimum Gasteiger partial charge on any atom is -0.348 e. The number of nitrogens with zero attached hydrogens (tertiary/aromatic N) is 4. The number of rotatable bonds is 4. The van der Waals surface area contributed by atoms with E-state index in [2.05, 4.69) is 21.8 Å². The fourth-order valence-electron chi connectivity index (χ4n) is 2.77. The molecule has 1 amide bonds. The number of hydrogen-bond acceptors (Lipinski definition) is 6. The molecule has 1 aromatic carbocycles. The summed E-state index contributed by atoms with van der Waals surface area (Å²) in [4.78, 5) is 25.9. The molecule has 1 atom stereocenters. The first kappa shape index (κ1) is 16.1. The summed E-state index contributed by atoms with van der Waals surface area (Å²) < 4.78 is 2.28. The zero-order valence-corrected chi connectivity index (χ0v) is 14.8. The predicted octanol–water partition coefficient (Wildman–Crippen LogP) is 1.84. The van der Waals surface area contributed by atoms with E-state index in [4.69, 9.17) is 0 Å². The van der Waals surface area contributed by atoms with Gasteiger partial charge in [0, 0.05) is 10.6 Å². The van der Waals surface area contributed by atoms with Crippen LogP contribution in [0.5, 0.6) is 0 Å². The highest BCUT2D eigenvalue weighted by Gasteiger charge is 2.22. The highest BCUT2D eigenvalue weighted by molar-refractivity contribution is 7.99. The minimum atomic E-state index is -0.419. The Balaban J connectivity index is 1.48. The van der Waals surface area contributed by atoms with Crippen molar-refractivity contribution in [2.75, 3.05) is 5.75 Å². The molecule has 7 nitrogen and oxygen atoms in total. The van der Waals surface area contributed by atoms with E-state index >= 15 is 0 Å². The number of carbonyl (C=O) groups excluding carboxylic acids is 1. The number of tetrazole rings is 1. The molecule has 1 aliphatic heterocycles. The number of hydrogen-bond donors (Lipinski definition) is 1. The van der Waals surface area contributed by atoms with Gasteiger partial charge in [-0.25, -0.2) is 4.79 Å². The fraction of sp³-hybridized carbons (Fsp3) is 0.250. The van der Waals surface area contributed by atoms with Crippen LogP contribution < -0.4 is 11.0 Å². The highest BCUT2D eigenvalue weighted by Crippen LogP contribution is 2.35. The van der Waals surface area contributed by atoms with E-state index in [1.165, 1.54) is 20.9 Å². The van der Waals surface area contributed by atoms with Gasteiger partial charge < -0.3 is 5.32 Å². The second-order valence-corrected chi connectivity index (χ2v) is 7.64. The first-order valence-electron chi connectivity index (χ1n) is 7.80. The van der Waals surface area contributed by atoms with Crippen LogP contribution in [0.1, 0.15) is 18.0 Å². The minimum absolute atomic E-state index is 0.0343. The first-order valence-corrected chi connectivity index (χ1v) is 9.67. The number of thioether (sulfide) groups is 1. The van der Waals surface area contributed by atoms with Gasteiger partial charge in [-0.2, -0.15) is 9.36 Å². The van der Waals surface area contributed by atoms with Crippen LogP contribution in [0.3, 0.4) is 0 Å². The van der Waals surface area contributed by atoms with Gasteiger partial charge in [-0.1, -0.05) is 18.2 Å². The van der Waals surface area contributed by atoms with Crippen LogP contribution in [0.15, 0.2) is 51.5 Å². The summed E-state index contributed by atoms with van der Waals surface area (Å²) in [6, 6.07) is 11.6. The Morgan fingerprint density at radius 1 is 1.24 bits per heavy atom. The maximum Gasteiger partial charge on any atom is 0.369 e. The molecule has 0 bridgehead atoms. The molecule has 9 heteroatoms. The molecule has 25 heavy (non-hydrogen) atoms. The van der Waals surface area contributed by atoms with Crippen molar-refractivity contribution < 1.29 is 4.79 Å². The van der Waals surface area contributed by atoms with Crippen LogP contribution in [-0.2, 0) is 11.3 Å². The average Bonchev–Trinajstić information content (AvgIpc) is 3.26. The third-order valence-corrected chi connectivity index (χ3v) is 5.91. The van der Waals surface area contributed by atoms with E-state index in [9.17, 15) is 9.59 Å². The van der Waals surface area contributed by atoms with Gasteiger partial charge in [0.25, 0.3) is 0 Å². The maximum absolute atomic E-state index is 12.4. The lowest BCUT2D eigenvalue weighted by Crippen LogP contribution is -2.36. The molecule has 0 fully saturated rings. The lowest BCUT2D eigenvalue weighted by atomic mass is 10.0. The normalized spacial score (nSPS) is 16.4. The van der Waals surface area contributed by atoms with E-state index < -0.39 is 5.69 Å². The van der Waals surface area contributed by atoms with Crippen molar-refractivity contribution in [3.05, 3.63) is 57.8 Å². The molecule has 0 saturated heterocycles. The Labute approximate surface area is 151 Å². The monoisotopic (exact) mass is 373 g/mol. The number of carbonyl (C=O) groups is 1. The van der Waals surface area contributed by atoms with E-state index in [-0.39, 0.29) is 18.5 Å². The topological polar surface area (TPSA) is 81.8 Å². The van der Waals surface area contributed by atoms with Crippen LogP contribution in [0.4, 0.5) is 0 Å². The van der Waals surface area contributed by atoms with Gasteiger partial charge in [-0.05, 0) is 46.0 Å². The Bertz CT molecular complexity index is 948. The smallest absolute Gasteiger partial charge is 0.348 e. The maximum atomic E-state index is 12.4. The molecular formula is C16H15N5O2S2. The second kappa shape index (κ2) is 6.85. The Morgan fingerprint density at radius 3 is 2.96 bits per heavy atom. The van der Waals surface area contributed by atoms with Gasteiger partial charge in [0.1, 0.15) is 11.5 Å². The van der Waals surface area contributed by atoms with Crippen molar-refractivity contribution in [3.8, 4) is 5.00 Å².